The second kappa shape index (κ2) is 24.7. The summed E-state index contributed by atoms with van der Waals surface area (Å²) >= 11 is 5.07. The Bertz CT molecular complexity index is 2370. The molecule has 0 bridgehead atoms. The fourth-order valence-electron chi connectivity index (χ4n) is 5.31. The van der Waals surface area contributed by atoms with Crippen LogP contribution in [0.3, 0.4) is 0 Å². The van der Waals surface area contributed by atoms with Crippen molar-refractivity contribution in [2.75, 3.05) is 18.0 Å². The highest BCUT2D eigenvalue weighted by Gasteiger charge is 2.20. The summed E-state index contributed by atoms with van der Waals surface area (Å²) in [6, 6.07) is 10.4. The number of carbonyl (C=O) groups excluding carboxylic acids is 3. The molecule has 6 aromatic rings. The largest absolute Gasteiger partial charge is 0.399 e. The van der Waals surface area contributed by atoms with E-state index in [1.165, 1.54) is 6.33 Å². The molecule has 0 aliphatic carbocycles. The number of Topliss-reactive ketones (excluding diaryl/α,β-unsaturated/α-hetero) is 2. The fourth-order valence-corrected chi connectivity index (χ4v) is 5.42. The van der Waals surface area contributed by atoms with Crippen LogP contribution in [-0.4, -0.2) is 73.0 Å². The average Bonchev–Trinajstić information content (AvgIpc) is 4.07. The number of nitrogen functional groups attached to an aromatic ring is 2. The first-order valence-electron chi connectivity index (χ1n) is 18.4. The third-order valence-corrected chi connectivity index (χ3v) is 8.49. The number of non-ortho nitro benzene ring substituents is 4. The van der Waals surface area contributed by atoms with Crippen LogP contribution in [0.5, 0.6) is 0 Å². The second-order valence-electron chi connectivity index (χ2n) is 13.0. The number of anilines is 2. The lowest BCUT2D eigenvalue weighted by atomic mass is 10.0. The number of nitro groups is 4. The minimum atomic E-state index is -0.984. The van der Waals surface area contributed by atoms with Crippen LogP contribution in [0.1, 0.15) is 73.8 Å². The van der Waals surface area contributed by atoms with Crippen LogP contribution in [0.15, 0.2) is 92.2 Å². The molecule has 0 aliphatic heterocycles. The fraction of sp³-hybridized carbons (Fsp3) is 0.211. The number of aryl methyl sites for hydroxylation is 2. The molecule has 0 spiro atoms. The molecular formula is C38H40ClN13O11. The van der Waals surface area contributed by atoms with Crippen molar-refractivity contribution >= 4 is 62.5 Å². The summed E-state index contributed by atoms with van der Waals surface area (Å²) in [6.07, 6.45) is 14.2. The van der Waals surface area contributed by atoms with Crippen LogP contribution in [0, 0.1) is 40.5 Å². The Labute approximate surface area is 360 Å². The lowest BCUT2D eigenvalue weighted by molar-refractivity contribution is -0.394. The van der Waals surface area contributed by atoms with Gasteiger partial charge in [0, 0.05) is 107 Å². The predicted molar refractivity (Wildman–Crippen MR) is 228 cm³/mol. The van der Waals surface area contributed by atoms with Crippen molar-refractivity contribution in [1.82, 2.24) is 29.9 Å². The molecular weight excluding hydrogens is 850 g/mol. The van der Waals surface area contributed by atoms with Crippen molar-refractivity contribution in [2.45, 2.75) is 44.9 Å². The van der Waals surface area contributed by atoms with Gasteiger partial charge in [-0.15, -0.1) is 0 Å². The quantitative estimate of drug-likeness (QED) is 0.0201. The maximum absolute atomic E-state index is 12.1. The molecule has 25 heteroatoms. The van der Waals surface area contributed by atoms with Crippen molar-refractivity contribution in [3.8, 4) is 0 Å². The molecule has 3 aromatic carbocycles. The molecule has 9 N–H and O–H groups in total. The molecule has 0 saturated heterocycles. The number of aromatic amines is 3. The highest BCUT2D eigenvalue weighted by Crippen LogP contribution is 2.25. The number of nitrogens with two attached hydrogens (primary N) is 3. The van der Waals surface area contributed by atoms with E-state index in [0.29, 0.717) is 42.7 Å². The van der Waals surface area contributed by atoms with Gasteiger partial charge < -0.3 is 32.2 Å². The van der Waals surface area contributed by atoms with Crippen LogP contribution in [0.2, 0.25) is 0 Å². The van der Waals surface area contributed by atoms with Crippen LogP contribution in [-0.2, 0) is 19.3 Å². The molecule has 24 nitrogen and oxygen atoms in total. The zero-order valence-corrected chi connectivity index (χ0v) is 33.8. The maximum Gasteiger partial charge on any atom is 0.277 e. The Morgan fingerprint density at radius 2 is 0.857 bits per heavy atom. The Morgan fingerprint density at radius 1 is 0.524 bits per heavy atom. The number of aromatic nitrogens is 6. The highest BCUT2D eigenvalue weighted by atomic mass is 35.5. The molecule has 0 fully saturated rings. The van der Waals surface area contributed by atoms with Crippen molar-refractivity contribution in [2.24, 2.45) is 5.73 Å². The van der Waals surface area contributed by atoms with Crippen molar-refractivity contribution in [3.63, 3.8) is 0 Å². The molecule has 3 aromatic heterocycles. The number of benzene rings is 3. The predicted octanol–water partition coefficient (Wildman–Crippen LogP) is 6.00. The second-order valence-corrected chi connectivity index (χ2v) is 13.3. The number of imidazole rings is 3. The molecule has 6 rings (SSSR count). The van der Waals surface area contributed by atoms with E-state index in [2.05, 4.69) is 29.9 Å². The Morgan fingerprint density at radius 3 is 1.16 bits per heavy atom. The summed E-state index contributed by atoms with van der Waals surface area (Å²) in [4.78, 5) is 94.3. The van der Waals surface area contributed by atoms with E-state index in [4.69, 9.17) is 28.8 Å². The summed E-state index contributed by atoms with van der Waals surface area (Å²) in [6.45, 7) is 0.683. The van der Waals surface area contributed by atoms with Gasteiger partial charge in [0.2, 0.25) is 0 Å². The van der Waals surface area contributed by atoms with Gasteiger partial charge in [-0.05, 0) is 62.0 Å². The van der Waals surface area contributed by atoms with E-state index in [-0.39, 0.29) is 29.1 Å². The number of nitro benzene ring substituents is 4. The summed E-state index contributed by atoms with van der Waals surface area (Å²) in [5.74, 6) is -0.306. The Hall–Kier alpha value is -8.25. The molecule has 330 valence electrons. The minimum Gasteiger partial charge on any atom is -0.399 e. The van der Waals surface area contributed by atoms with Gasteiger partial charge in [-0.25, -0.2) is 15.0 Å². The van der Waals surface area contributed by atoms with Gasteiger partial charge in [0.05, 0.1) is 50.8 Å². The van der Waals surface area contributed by atoms with Gasteiger partial charge in [-0.3, -0.25) is 54.8 Å². The van der Waals surface area contributed by atoms with Crippen LogP contribution in [0.4, 0.5) is 34.1 Å². The normalized spacial score (nSPS) is 10.1. The number of nitrogens with one attached hydrogen (secondary N) is 3. The van der Waals surface area contributed by atoms with E-state index >= 15 is 0 Å². The number of nitrogens with zero attached hydrogens (tertiary/aromatic N) is 7. The summed E-state index contributed by atoms with van der Waals surface area (Å²) < 4.78 is 0. The van der Waals surface area contributed by atoms with E-state index in [1.54, 1.807) is 49.4 Å². The Kier molecular flexibility index (Phi) is 19.3. The number of carbonyl (C=O) groups is 3. The van der Waals surface area contributed by atoms with E-state index < -0.39 is 47.7 Å². The number of H-pyrrole nitrogens is 3. The maximum atomic E-state index is 12.1. The first kappa shape index (κ1) is 49.1. The van der Waals surface area contributed by atoms with Gasteiger partial charge in [-0.2, -0.15) is 0 Å². The number of hydrogen-bond donors (Lipinski definition) is 6. The summed E-state index contributed by atoms with van der Waals surface area (Å²) in [7, 11) is 0. The first-order chi connectivity index (χ1) is 30.0. The van der Waals surface area contributed by atoms with Gasteiger partial charge in [0.1, 0.15) is 0 Å². The van der Waals surface area contributed by atoms with Gasteiger partial charge in [-0.1, -0.05) is 0 Å². The molecule has 63 heavy (non-hydrogen) atoms. The lowest BCUT2D eigenvalue weighted by Crippen LogP contribution is -2.03. The van der Waals surface area contributed by atoms with Crippen molar-refractivity contribution in [3.05, 3.63) is 166 Å². The molecule has 0 saturated carbocycles. The van der Waals surface area contributed by atoms with Gasteiger partial charge in [0.25, 0.3) is 28.0 Å². The van der Waals surface area contributed by atoms with Crippen molar-refractivity contribution in [1.29, 1.82) is 0 Å². The van der Waals surface area contributed by atoms with Gasteiger partial charge >= 0.3 is 0 Å². The Balaban J connectivity index is 0.000000234. The van der Waals surface area contributed by atoms with E-state index in [0.717, 1.165) is 72.7 Å². The molecule has 0 amide bonds. The highest BCUT2D eigenvalue weighted by molar-refractivity contribution is 6.67. The molecule has 0 unspecified atom stereocenters. The van der Waals surface area contributed by atoms with Crippen molar-refractivity contribution < 1.29 is 34.1 Å². The number of halogens is 1. The third-order valence-electron chi connectivity index (χ3n) is 8.28. The lowest BCUT2D eigenvalue weighted by Gasteiger charge is -2.04. The SMILES string of the molecule is NCCc1cnc[nH]1.Nc1cc(N)cc(C(=O)CCCc2cnc[nH]2)c1.O=C(CCCc1cnc[nH]1)c1cc([N+](=O)[O-])cc([N+](=O)[O-])c1.O=C(Cl)c1cc([N+](=O)[O-])cc([N+](=O)[O-])c1. The zero-order valence-electron chi connectivity index (χ0n) is 33.0. The number of hydrogen-bond acceptors (Lipinski definition) is 17. The zero-order chi connectivity index (χ0) is 46.5. The molecule has 0 atom stereocenters. The van der Waals surface area contributed by atoms with Crippen LogP contribution >= 0.6 is 11.6 Å². The standard InChI is InChI=1S/C13H12N4O5.C13H16N4O.C7H3ClN2O5.C5H9N3/c18-13(3-1-2-10-7-14-8-15-10)9-4-11(16(19)20)6-12(5-9)17(21)22;14-10-4-9(5-11(15)6-10)13(18)3-1-2-12-7-16-8-17-12;8-7(11)4-1-5(9(12)13)3-6(2-4)10(14)15;6-2-1-5-3-7-4-8-5/h4-8H,1-3H2,(H,14,15);4-8H,1-3,14-15H2,(H,16,17);1-3H;3-4H,1-2,6H2,(H,7,8). The third kappa shape index (κ3) is 17.1. The average molecular weight is 890 g/mol. The van der Waals surface area contributed by atoms with E-state index in [1.807, 2.05) is 0 Å². The number of rotatable bonds is 17. The van der Waals surface area contributed by atoms with Gasteiger partial charge in [0.15, 0.2) is 11.6 Å². The minimum absolute atomic E-state index is 0.0227. The number of ketones is 2. The smallest absolute Gasteiger partial charge is 0.277 e. The van der Waals surface area contributed by atoms with Crippen LogP contribution < -0.4 is 17.2 Å². The molecule has 3 heterocycles. The molecule has 0 radical (unpaired) electrons. The summed E-state index contributed by atoms with van der Waals surface area (Å²) in [5, 5.41) is 41.3. The monoisotopic (exact) mass is 889 g/mol. The topological polar surface area (TPSA) is 388 Å². The molecule has 0 aliphatic rings. The van der Waals surface area contributed by atoms with Crippen LogP contribution in [0.25, 0.3) is 0 Å². The van der Waals surface area contributed by atoms with E-state index in [9.17, 15) is 54.8 Å². The first-order valence-corrected chi connectivity index (χ1v) is 18.8. The summed E-state index contributed by atoms with van der Waals surface area (Å²) in [5.41, 5.74) is 18.9.